The van der Waals surface area contributed by atoms with Gasteiger partial charge in [0, 0.05) is 31.7 Å². The molecule has 0 atom stereocenters. The molecule has 5 nitrogen and oxygen atoms in total. The van der Waals surface area contributed by atoms with E-state index in [0.717, 1.165) is 22.3 Å². The average Bonchev–Trinajstić information content (AvgIpc) is 2.81. The van der Waals surface area contributed by atoms with Crippen LogP contribution in [0.1, 0.15) is 32.6 Å². The zero-order chi connectivity index (χ0) is 22.7. The highest BCUT2D eigenvalue weighted by Gasteiger charge is 2.31. The molecular weight excluding hydrogens is 420 g/mol. The third-order valence-electron chi connectivity index (χ3n) is 6.13. The molecule has 4 rings (SSSR count). The van der Waals surface area contributed by atoms with Gasteiger partial charge in [-0.15, -0.1) is 0 Å². The lowest BCUT2D eigenvalue weighted by Crippen LogP contribution is -2.50. The second-order valence-corrected chi connectivity index (χ2v) is 10.2. The van der Waals surface area contributed by atoms with E-state index in [1.54, 1.807) is 17.0 Å². The molecule has 0 N–H and O–H groups in total. The standard InChI is InChI=1S/C26H28N2O3S/c1-20-12-13-24(18-21(20)2)32(30,31)28-16-14-27(15-17-28)26(29)25-11-7-6-10-23(25)19-22-8-4-3-5-9-22/h3-13,18H,14-17,19H2,1-2H3. The Morgan fingerprint density at radius 1 is 0.812 bits per heavy atom. The first-order valence-electron chi connectivity index (χ1n) is 10.8. The minimum Gasteiger partial charge on any atom is -0.336 e. The first-order valence-corrected chi connectivity index (χ1v) is 12.3. The first kappa shape index (κ1) is 22.2. The van der Waals surface area contributed by atoms with Crippen molar-refractivity contribution < 1.29 is 13.2 Å². The molecule has 1 amide bonds. The van der Waals surface area contributed by atoms with Crippen LogP contribution < -0.4 is 0 Å². The van der Waals surface area contributed by atoms with E-state index in [1.807, 2.05) is 62.4 Å². The SMILES string of the molecule is Cc1ccc(S(=O)(=O)N2CCN(C(=O)c3ccccc3Cc3ccccc3)CC2)cc1C. The highest BCUT2D eigenvalue weighted by molar-refractivity contribution is 7.89. The van der Waals surface area contributed by atoms with Crippen molar-refractivity contribution in [2.45, 2.75) is 25.2 Å². The molecule has 1 heterocycles. The summed E-state index contributed by atoms with van der Waals surface area (Å²) in [5.41, 5.74) is 4.83. The van der Waals surface area contributed by atoms with Gasteiger partial charge in [0.2, 0.25) is 10.0 Å². The molecule has 1 saturated heterocycles. The molecule has 166 valence electrons. The predicted octanol–water partition coefficient (Wildman–Crippen LogP) is 4.04. The van der Waals surface area contributed by atoms with Crippen molar-refractivity contribution in [3.05, 3.63) is 101 Å². The van der Waals surface area contributed by atoms with Gasteiger partial charge in [0.25, 0.3) is 5.91 Å². The van der Waals surface area contributed by atoms with Gasteiger partial charge < -0.3 is 4.90 Å². The Hall–Kier alpha value is -2.96. The quantitative estimate of drug-likeness (QED) is 0.592. The molecule has 1 fully saturated rings. The Bertz CT molecular complexity index is 1210. The van der Waals surface area contributed by atoms with Crippen LogP contribution in [0.25, 0.3) is 0 Å². The fraction of sp³-hybridized carbons (Fsp3) is 0.269. The highest BCUT2D eigenvalue weighted by atomic mass is 32.2. The highest BCUT2D eigenvalue weighted by Crippen LogP contribution is 2.22. The smallest absolute Gasteiger partial charge is 0.254 e. The molecule has 0 bridgehead atoms. The Morgan fingerprint density at radius 2 is 1.47 bits per heavy atom. The van der Waals surface area contributed by atoms with E-state index in [9.17, 15) is 13.2 Å². The maximum absolute atomic E-state index is 13.3. The Balaban J connectivity index is 1.47. The Kier molecular flexibility index (Phi) is 6.44. The molecule has 6 heteroatoms. The summed E-state index contributed by atoms with van der Waals surface area (Å²) in [4.78, 5) is 15.4. The van der Waals surface area contributed by atoms with Gasteiger partial charge in [-0.25, -0.2) is 8.42 Å². The van der Waals surface area contributed by atoms with E-state index in [4.69, 9.17) is 0 Å². The van der Waals surface area contributed by atoms with Crippen LogP contribution in [0.4, 0.5) is 0 Å². The van der Waals surface area contributed by atoms with Crippen LogP contribution in [0.2, 0.25) is 0 Å². The van der Waals surface area contributed by atoms with E-state index >= 15 is 0 Å². The number of hydrogen-bond donors (Lipinski definition) is 0. The summed E-state index contributed by atoms with van der Waals surface area (Å²) in [5, 5.41) is 0. The topological polar surface area (TPSA) is 57.7 Å². The maximum Gasteiger partial charge on any atom is 0.254 e. The third-order valence-corrected chi connectivity index (χ3v) is 8.02. The van der Waals surface area contributed by atoms with Crippen molar-refractivity contribution in [2.24, 2.45) is 0 Å². The number of aryl methyl sites for hydroxylation is 2. The molecule has 3 aromatic carbocycles. The number of piperazine rings is 1. The van der Waals surface area contributed by atoms with Gasteiger partial charge in [0.1, 0.15) is 0 Å². The number of hydrogen-bond acceptors (Lipinski definition) is 3. The molecular formula is C26H28N2O3S. The molecule has 3 aromatic rings. The molecule has 0 unspecified atom stereocenters. The predicted molar refractivity (Wildman–Crippen MR) is 126 cm³/mol. The monoisotopic (exact) mass is 448 g/mol. The Labute approximate surface area is 190 Å². The van der Waals surface area contributed by atoms with Crippen LogP contribution in [0.5, 0.6) is 0 Å². The van der Waals surface area contributed by atoms with Gasteiger partial charge >= 0.3 is 0 Å². The van der Waals surface area contributed by atoms with E-state index in [-0.39, 0.29) is 5.91 Å². The van der Waals surface area contributed by atoms with Gasteiger partial charge in [-0.3, -0.25) is 4.79 Å². The number of benzene rings is 3. The van der Waals surface area contributed by atoms with Gasteiger partial charge in [-0.1, -0.05) is 54.6 Å². The van der Waals surface area contributed by atoms with Crippen LogP contribution in [0.3, 0.4) is 0 Å². The van der Waals surface area contributed by atoms with Crippen molar-refractivity contribution in [1.29, 1.82) is 0 Å². The molecule has 0 aliphatic carbocycles. The minimum absolute atomic E-state index is 0.0419. The van der Waals surface area contributed by atoms with Gasteiger partial charge in [-0.2, -0.15) is 4.31 Å². The van der Waals surface area contributed by atoms with E-state index in [2.05, 4.69) is 12.1 Å². The number of amides is 1. The molecule has 0 radical (unpaired) electrons. The lowest BCUT2D eigenvalue weighted by atomic mass is 9.99. The van der Waals surface area contributed by atoms with Crippen molar-refractivity contribution in [1.82, 2.24) is 9.21 Å². The summed E-state index contributed by atoms with van der Waals surface area (Å²) in [6.45, 7) is 5.22. The number of carbonyl (C=O) groups is 1. The van der Waals surface area contributed by atoms with Crippen molar-refractivity contribution >= 4 is 15.9 Å². The van der Waals surface area contributed by atoms with Crippen molar-refractivity contribution in [3.8, 4) is 0 Å². The van der Waals surface area contributed by atoms with Crippen LogP contribution in [-0.4, -0.2) is 49.7 Å². The molecule has 1 aliphatic heterocycles. The summed E-state index contributed by atoms with van der Waals surface area (Å²) in [6.07, 6.45) is 0.684. The number of carbonyl (C=O) groups excluding carboxylic acids is 1. The molecule has 32 heavy (non-hydrogen) atoms. The lowest BCUT2D eigenvalue weighted by Gasteiger charge is -2.34. The van der Waals surface area contributed by atoms with Crippen LogP contribution in [-0.2, 0) is 16.4 Å². The van der Waals surface area contributed by atoms with Crippen molar-refractivity contribution in [2.75, 3.05) is 26.2 Å². The van der Waals surface area contributed by atoms with Crippen LogP contribution in [0.15, 0.2) is 77.7 Å². The number of nitrogens with zero attached hydrogens (tertiary/aromatic N) is 2. The van der Waals surface area contributed by atoms with Crippen molar-refractivity contribution in [3.63, 3.8) is 0 Å². The fourth-order valence-electron chi connectivity index (χ4n) is 4.02. The summed E-state index contributed by atoms with van der Waals surface area (Å²) >= 11 is 0. The van der Waals surface area contributed by atoms with Gasteiger partial charge in [-0.05, 0) is 60.7 Å². The molecule has 0 spiro atoms. The molecule has 1 aliphatic rings. The molecule has 0 saturated carbocycles. The lowest BCUT2D eigenvalue weighted by molar-refractivity contribution is 0.0697. The zero-order valence-corrected chi connectivity index (χ0v) is 19.3. The minimum atomic E-state index is -3.57. The number of sulfonamides is 1. The summed E-state index contributed by atoms with van der Waals surface area (Å²) in [5.74, 6) is -0.0419. The second-order valence-electron chi connectivity index (χ2n) is 8.26. The Morgan fingerprint density at radius 3 is 2.16 bits per heavy atom. The third kappa shape index (κ3) is 4.61. The number of rotatable bonds is 5. The van der Waals surface area contributed by atoms with Crippen LogP contribution >= 0.6 is 0 Å². The maximum atomic E-state index is 13.3. The zero-order valence-electron chi connectivity index (χ0n) is 18.5. The average molecular weight is 449 g/mol. The van der Waals surface area contributed by atoms with E-state index < -0.39 is 10.0 Å². The summed E-state index contributed by atoms with van der Waals surface area (Å²) in [6, 6.07) is 23.0. The van der Waals surface area contributed by atoms with Gasteiger partial charge in [0.15, 0.2) is 0 Å². The molecule has 0 aromatic heterocycles. The van der Waals surface area contributed by atoms with Crippen LogP contribution in [0, 0.1) is 13.8 Å². The van der Waals surface area contributed by atoms with Gasteiger partial charge in [0.05, 0.1) is 4.90 Å². The fourth-order valence-corrected chi connectivity index (χ4v) is 5.53. The second kappa shape index (κ2) is 9.27. The largest absolute Gasteiger partial charge is 0.336 e. The summed E-state index contributed by atoms with van der Waals surface area (Å²) < 4.78 is 27.6. The van der Waals surface area contributed by atoms with E-state index in [0.29, 0.717) is 43.1 Å². The normalized spacial score (nSPS) is 15.0. The summed E-state index contributed by atoms with van der Waals surface area (Å²) in [7, 11) is -3.57. The first-order chi connectivity index (χ1) is 15.4. The van der Waals surface area contributed by atoms with E-state index in [1.165, 1.54) is 4.31 Å².